The fourth-order valence-electron chi connectivity index (χ4n) is 2.14. The van der Waals surface area contributed by atoms with E-state index in [1.165, 1.54) is 11.0 Å². The van der Waals surface area contributed by atoms with E-state index in [9.17, 15) is 13.6 Å². The van der Waals surface area contributed by atoms with E-state index in [-0.39, 0.29) is 11.6 Å². The molecule has 6 heteroatoms. The number of carbonyl (C=O) groups excluding carboxylic acids is 1. The lowest BCUT2D eigenvalue weighted by Crippen LogP contribution is -2.23. The van der Waals surface area contributed by atoms with Crippen molar-refractivity contribution in [3.63, 3.8) is 0 Å². The first-order chi connectivity index (χ1) is 11.4. The molecule has 0 spiro atoms. The van der Waals surface area contributed by atoms with Crippen molar-refractivity contribution in [1.82, 2.24) is 4.90 Å². The lowest BCUT2D eigenvalue weighted by Gasteiger charge is -2.07. The predicted octanol–water partition coefficient (Wildman–Crippen LogP) is 4.51. The molecule has 1 aliphatic rings. The highest BCUT2D eigenvalue weighted by atomic mass is 32.2. The third-order valence-electron chi connectivity index (χ3n) is 3.50. The van der Waals surface area contributed by atoms with Crippen molar-refractivity contribution in [3.8, 4) is 0 Å². The number of nitrogens with zero attached hydrogens (tertiary/aromatic N) is 2. The highest BCUT2D eigenvalue weighted by Gasteiger charge is 2.30. The van der Waals surface area contributed by atoms with Crippen molar-refractivity contribution in [2.75, 3.05) is 7.05 Å². The van der Waals surface area contributed by atoms with Crippen molar-refractivity contribution in [1.29, 1.82) is 0 Å². The first-order valence-corrected chi connectivity index (χ1v) is 8.04. The number of amides is 1. The van der Waals surface area contributed by atoms with Gasteiger partial charge in [0.1, 0.15) is 11.5 Å². The summed E-state index contributed by atoms with van der Waals surface area (Å²) in [5.41, 5.74) is 2.03. The summed E-state index contributed by atoms with van der Waals surface area (Å²) >= 11 is 1.16. The SMILES string of the molecule is Cc1ccc(/C=C2\SC(=Nc3ccc(F)cc3F)N(C)C2=O)cc1. The van der Waals surface area contributed by atoms with Crippen LogP contribution in [0.15, 0.2) is 52.4 Å². The molecule has 1 amide bonds. The summed E-state index contributed by atoms with van der Waals surface area (Å²) in [6.07, 6.45) is 1.77. The van der Waals surface area contributed by atoms with Crippen molar-refractivity contribution in [2.24, 2.45) is 4.99 Å². The predicted molar refractivity (Wildman–Crippen MR) is 93.0 cm³/mol. The lowest BCUT2D eigenvalue weighted by molar-refractivity contribution is -0.121. The second-order valence-electron chi connectivity index (χ2n) is 5.38. The van der Waals surface area contributed by atoms with Gasteiger partial charge in [-0.25, -0.2) is 13.8 Å². The van der Waals surface area contributed by atoms with Crippen LogP contribution in [0.1, 0.15) is 11.1 Å². The van der Waals surface area contributed by atoms with Gasteiger partial charge in [-0.05, 0) is 42.5 Å². The molecule has 0 saturated carbocycles. The zero-order valence-electron chi connectivity index (χ0n) is 13.1. The number of rotatable bonds is 2. The normalized spacial score (nSPS) is 18.0. The highest BCUT2D eigenvalue weighted by molar-refractivity contribution is 8.18. The summed E-state index contributed by atoms with van der Waals surface area (Å²) in [5, 5.41) is 0.351. The Morgan fingerprint density at radius 1 is 1.12 bits per heavy atom. The summed E-state index contributed by atoms with van der Waals surface area (Å²) in [6.45, 7) is 1.99. The second kappa shape index (κ2) is 6.57. The first kappa shape index (κ1) is 16.4. The van der Waals surface area contributed by atoms with E-state index in [2.05, 4.69) is 4.99 Å². The van der Waals surface area contributed by atoms with Crippen LogP contribution >= 0.6 is 11.8 Å². The summed E-state index contributed by atoms with van der Waals surface area (Å²) in [7, 11) is 1.57. The topological polar surface area (TPSA) is 32.7 Å². The molecule has 1 fully saturated rings. The molecule has 0 unspecified atom stereocenters. The van der Waals surface area contributed by atoms with E-state index in [0.717, 1.165) is 35.0 Å². The molecular formula is C18H14F2N2OS. The van der Waals surface area contributed by atoms with Crippen LogP contribution in [-0.2, 0) is 4.79 Å². The van der Waals surface area contributed by atoms with Gasteiger partial charge in [0.2, 0.25) is 0 Å². The molecule has 0 aliphatic carbocycles. The molecule has 3 nitrogen and oxygen atoms in total. The number of benzene rings is 2. The van der Waals surface area contributed by atoms with Gasteiger partial charge in [0.05, 0.1) is 4.91 Å². The molecule has 0 aromatic heterocycles. The molecule has 1 heterocycles. The van der Waals surface area contributed by atoms with Crippen molar-refractivity contribution >= 4 is 34.6 Å². The van der Waals surface area contributed by atoms with Crippen molar-refractivity contribution in [2.45, 2.75) is 6.92 Å². The molecule has 0 atom stereocenters. The summed E-state index contributed by atoms with van der Waals surface area (Å²) in [5.74, 6) is -1.64. The number of thioether (sulfide) groups is 1. The van der Waals surface area contributed by atoms with E-state index in [0.29, 0.717) is 10.1 Å². The van der Waals surface area contributed by atoms with Gasteiger partial charge in [-0.2, -0.15) is 0 Å². The van der Waals surface area contributed by atoms with Gasteiger partial charge in [-0.3, -0.25) is 9.69 Å². The molecular weight excluding hydrogens is 330 g/mol. The Hall–Kier alpha value is -2.47. The number of aryl methyl sites for hydroxylation is 1. The quantitative estimate of drug-likeness (QED) is 0.751. The van der Waals surface area contributed by atoms with Gasteiger partial charge >= 0.3 is 0 Å². The van der Waals surface area contributed by atoms with Crippen LogP contribution in [0.25, 0.3) is 6.08 Å². The maximum absolute atomic E-state index is 13.7. The molecule has 2 aromatic rings. The molecule has 0 radical (unpaired) electrons. The van der Waals surface area contributed by atoms with E-state index in [1.807, 2.05) is 31.2 Å². The lowest BCUT2D eigenvalue weighted by atomic mass is 10.1. The van der Waals surface area contributed by atoms with Crippen LogP contribution in [-0.4, -0.2) is 23.0 Å². The van der Waals surface area contributed by atoms with E-state index >= 15 is 0 Å². The largest absolute Gasteiger partial charge is 0.290 e. The van der Waals surface area contributed by atoms with Gasteiger partial charge in [0.25, 0.3) is 5.91 Å². The zero-order chi connectivity index (χ0) is 17.3. The minimum Gasteiger partial charge on any atom is -0.290 e. The van der Waals surface area contributed by atoms with Gasteiger partial charge in [0.15, 0.2) is 11.0 Å². The van der Waals surface area contributed by atoms with Crippen LogP contribution in [0.2, 0.25) is 0 Å². The minimum atomic E-state index is -0.764. The molecule has 0 N–H and O–H groups in total. The molecule has 3 rings (SSSR count). The third-order valence-corrected chi connectivity index (χ3v) is 4.56. The van der Waals surface area contributed by atoms with E-state index < -0.39 is 11.6 Å². The van der Waals surface area contributed by atoms with E-state index in [4.69, 9.17) is 0 Å². The van der Waals surface area contributed by atoms with Gasteiger partial charge in [-0.15, -0.1) is 0 Å². The Labute approximate surface area is 142 Å². The number of carbonyl (C=O) groups is 1. The summed E-state index contributed by atoms with van der Waals surface area (Å²) in [6, 6.07) is 10.9. The maximum atomic E-state index is 13.7. The van der Waals surface area contributed by atoms with Crippen LogP contribution in [0.5, 0.6) is 0 Å². The molecule has 1 saturated heterocycles. The Balaban J connectivity index is 1.91. The van der Waals surface area contributed by atoms with Gasteiger partial charge in [-0.1, -0.05) is 29.8 Å². The van der Waals surface area contributed by atoms with Crippen molar-refractivity contribution in [3.05, 3.63) is 70.1 Å². The highest BCUT2D eigenvalue weighted by Crippen LogP contribution is 2.33. The standard InChI is InChI=1S/C18H14F2N2OS/c1-11-3-5-12(6-4-11)9-16-17(23)22(2)18(24-16)21-15-8-7-13(19)10-14(15)20/h3-10H,1-2H3/b16-9-,21-18?. The average molecular weight is 344 g/mol. The Kier molecular flexibility index (Phi) is 4.49. The fourth-order valence-corrected chi connectivity index (χ4v) is 3.12. The van der Waals surface area contributed by atoms with Gasteiger partial charge in [0, 0.05) is 13.1 Å². The van der Waals surface area contributed by atoms with Gasteiger partial charge < -0.3 is 0 Å². The number of amidine groups is 1. The number of halogens is 2. The third kappa shape index (κ3) is 3.38. The first-order valence-electron chi connectivity index (χ1n) is 7.22. The average Bonchev–Trinajstić information content (AvgIpc) is 2.80. The smallest absolute Gasteiger partial charge is 0.266 e. The number of likely N-dealkylation sites (N-methyl/N-ethyl adjacent to an activating group) is 1. The van der Waals surface area contributed by atoms with Crippen molar-refractivity contribution < 1.29 is 13.6 Å². The minimum absolute atomic E-state index is 0.00450. The van der Waals surface area contributed by atoms with E-state index in [1.54, 1.807) is 13.1 Å². The maximum Gasteiger partial charge on any atom is 0.266 e. The number of hydrogen-bond acceptors (Lipinski definition) is 3. The summed E-state index contributed by atoms with van der Waals surface area (Å²) in [4.78, 5) is 18.3. The molecule has 0 bridgehead atoms. The van der Waals surface area contributed by atoms with Crippen LogP contribution in [0.4, 0.5) is 14.5 Å². The molecule has 2 aromatic carbocycles. The van der Waals surface area contributed by atoms with Crippen LogP contribution in [0, 0.1) is 18.6 Å². The second-order valence-corrected chi connectivity index (χ2v) is 6.38. The Morgan fingerprint density at radius 3 is 2.50 bits per heavy atom. The zero-order valence-corrected chi connectivity index (χ0v) is 13.9. The monoisotopic (exact) mass is 344 g/mol. The fraction of sp³-hybridized carbons (Fsp3) is 0.111. The Morgan fingerprint density at radius 2 is 1.83 bits per heavy atom. The molecule has 24 heavy (non-hydrogen) atoms. The van der Waals surface area contributed by atoms with Crippen LogP contribution < -0.4 is 0 Å². The number of hydrogen-bond donors (Lipinski definition) is 0. The molecule has 122 valence electrons. The number of aliphatic imine (C=N–C) groups is 1. The summed E-state index contributed by atoms with van der Waals surface area (Å²) < 4.78 is 26.7. The van der Waals surface area contributed by atoms with Crippen LogP contribution in [0.3, 0.4) is 0 Å². The Bertz CT molecular complexity index is 860. The molecule has 1 aliphatic heterocycles.